The lowest BCUT2D eigenvalue weighted by atomic mass is 10.0. The van der Waals surface area contributed by atoms with Gasteiger partial charge < -0.3 is 10.2 Å². The number of halogens is 1. The highest BCUT2D eigenvalue weighted by molar-refractivity contribution is 7.99. The van der Waals surface area contributed by atoms with Gasteiger partial charge in [-0.2, -0.15) is 0 Å². The van der Waals surface area contributed by atoms with Crippen molar-refractivity contribution in [2.75, 3.05) is 32.4 Å². The fraction of sp³-hybridized carbons (Fsp3) is 0.571. The van der Waals surface area contributed by atoms with Crippen LogP contribution in [-0.4, -0.2) is 37.3 Å². The van der Waals surface area contributed by atoms with Gasteiger partial charge >= 0.3 is 0 Å². The van der Waals surface area contributed by atoms with Crippen LogP contribution in [0, 0.1) is 0 Å². The molecule has 0 saturated heterocycles. The quantitative estimate of drug-likeness (QED) is 0.892. The number of rotatable bonds is 5. The van der Waals surface area contributed by atoms with Gasteiger partial charge in [0.25, 0.3) is 0 Å². The number of thioether (sulfide) groups is 1. The average Bonchev–Trinajstić information content (AvgIpc) is 2.39. The molecule has 0 radical (unpaired) electrons. The first-order valence-electron chi connectivity index (χ1n) is 6.55. The Hall–Kier alpha value is -0.220. The van der Waals surface area contributed by atoms with Crippen molar-refractivity contribution in [2.24, 2.45) is 0 Å². The SMILES string of the molecule is CCN(C)CCNC1CCSc2ccc(Cl)cc21. The highest BCUT2D eigenvalue weighted by Gasteiger charge is 2.20. The summed E-state index contributed by atoms with van der Waals surface area (Å²) in [5.74, 6) is 1.19. The monoisotopic (exact) mass is 284 g/mol. The summed E-state index contributed by atoms with van der Waals surface area (Å²) in [5.41, 5.74) is 1.37. The highest BCUT2D eigenvalue weighted by atomic mass is 35.5. The van der Waals surface area contributed by atoms with E-state index in [0.717, 1.165) is 24.7 Å². The van der Waals surface area contributed by atoms with Gasteiger partial charge in [0.15, 0.2) is 0 Å². The summed E-state index contributed by atoms with van der Waals surface area (Å²) in [6.45, 7) is 5.42. The van der Waals surface area contributed by atoms with Gasteiger partial charge in [-0.05, 0) is 49.5 Å². The van der Waals surface area contributed by atoms with Crippen molar-refractivity contribution in [1.29, 1.82) is 0 Å². The van der Waals surface area contributed by atoms with Crippen molar-refractivity contribution in [3.8, 4) is 0 Å². The Morgan fingerprint density at radius 2 is 2.33 bits per heavy atom. The molecule has 0 saturated carbocycles. The molecule has 1 aliphatic heterocycles. The fourth-order valence-electron chi connectivity index (χ4n) is 2.17. The van der Waals surface area contributed by atoms with E-state index in [1.807, 2.05) is 17.8 Å². The maximum absolute atomic E-state index is 6.10. The van der Waals surface area contributed by atoms with Crippen molar-refractivity contribution >= 4 is 23.4 Å². The average molecular weight is 285 g/mol. The lowest BCUT2D eigenvalue weighted by Crippen LogP contribution is -2.32. The topological polar surface area (TPSA) is 15.3 Å². The molecule has 1 heterocycles. The van der Waals surface area contributed by atoms with E-state index in [-0.39, 0.29) is 0 Å². The molecule has 1 aromatic carbocycles. The molecule has 0 fully saturated rings. The van der Waals surface area contributed by atoms with Gasteiger partial charge in [0, 0.05) is 29.0 Å². The summed E-state index contributed by atoms with van der Waals surface area (Å²) in [5, 5.41) is 4.50. The van der Waals surface area contributed by atoms with Crippen molar-refractivity contribution in [3.05, 3.63) is 28.8 Å². The van der Waals surface area contributed by atoms with E-state index in [1.165, 1.54) is 22.6 Å². The van der Waals surface area contributed by atoms with Crippen LogP contribution in [0.4, 0.5) is 0 Å². The van der Waals surface area contributed by atoms with Crippen molar-refractivity contribution in [1.82, 2.24) is 10.2 Å². The molecule has 1 N–H and O–H groups in total. The summed E-state index contributed by atoms with van der Waals surface area (Å²) in [4.78, 5) is 3.70. The third-order valence-electron chi connectivity index (χ3n) is 3.44. The molecule has 1 unspecified atom stereocenters. The first-order chi connectivity index (χ1) is 8.70. The summed E-state index contributed by atoms with van der Waals surface area (Å²) < 4.78 is 0. The second-order valence-corrected chi connectivity index (χ2v) is 6.30. The zero-order valence-electron chi connectivity index (χ0n) is 11.1. The smallest absolute Gasteiger partial charge is 0.0410 e. The number of benzene rings is 1. The van der Waals surface area contributed by atoms with Crippen molar-refractivity contribution in [2.45, 2.75) is 24.3 Å². The van der Waals surface area contributed by atoms with Crippen LogP contribution in [0.15, 0.2) is 23.1 Å². The third-order valence-corrected chi connectivity index (χ3v) is 4.79. The Bertz CT molecular complexity index is 397. The predicted molar refractivity (Wildman–Crippen MR) is 80.7 cm³/mol. The molecule has 100 valence electrons. The van der Waals surface area contributed by atoms with Gasteiger partial charge in [-0.1, -0.05) is 18.5 Å². The Kier molecular flexibility index (Phi) is 5.37. The molecule has 0 aliphatic carbocycles. The number of hydrogen-bond donors (Lipinski definition) is 1. The third kappa shape index (κ3) is 3.64. The van der Waals surface area contributed by atoms with Gasteiger partial charge in [-0.25, -0.2) is 0 Å². The zero-order valence-corrected chi connectivity index (χ0v) is 12.7. The van der Waals surface area contributed by atoms with E-state index >= 15 is 0 Å². The largest absolute Gasteiger partial charge is 0.309 e. The molecule has 1 atom stereocenters. The Morgan fingerprint density at radius 1 is 1.50 bits per heavy atom. The molecule has 2 rings (SSSR count). The molecule has 4 heteroatoms. The lowest BCUT2D eigenvalue weighted by Gasteiger charge is -2.27. The Balaban J connectivity index is 1.97. The zero-order chi connectivity index (χ0) is 13.0. The highest BCUT2D eigenvalue weighted by Crippen LogP contribution is 2.37. The molecule has 0 bridgehead atoms. The van der Waals surface area contributed by atoms with E-state index < -0.39 is 0 Å². The van der Waals surface area contributed by atoms with Crippen LogP contribution >= 0.6 is 23.4 Å². The van der Waals surface area contributed by atoms with Crippen molar-refractivity contribution in [3.63, 3.8) is 0 Å². The molecule has 2 nitrogen and oxygen atoms in total. The summed E-state index contributed by atoms with van der Waals surface area (Å²) in [7, 11) is 2.16. The predicted octanol–water partition coefficient (Wildman–Crippen LogP) is 3.42. The maximum Gasteiger partial charge on any atom is 0.0410 e. The van der Waals surface area contributed by atoms with Crippen LogP contribution in [0.3, 0.4) is 0 Å². The molecule has 1 aromatic rings. The number of hydrogen-bond acceptors (Lipinski definition) is 3. The Labute approximate surface area is 119 Å². The first kappa shape index (κ1) is 14.2. The van der Waals surface area contributed by atoms with E-state index in [4.69, 9.17) is 11.6 Å². The minimum Gasteiger partial charge on any atom is -0.309 e. The van der Waals surface area contributed by atoms with Crippen LogP contribution in [0.5, 0.6) is 0 Å². The van der Waals surface area contributed by atoms with E-state index in [2.05, 4.69) is 36.3 Å². The minimum absolute atomic E-state index is 0.463. The van der Waals surface area contributed by atoms with E-state index in [1.54, 1.807) is 0 Å². The molecular weight excluding hydrogens is 264 g/mol. The standard InChI is InChI=1S/C14H21ClN2S/c1-3-17(2)8-7-16-13-6-9-18-14-5-4-11(15)10-12(13)14/h4-5,10,13,16H,3,6-9H2,1-2H3. The summed E-state index contributed by atoms with van der Waals surface area (Å²) >= 11 is 8.04. The van der Waals surface area contributed by atoms with Gasteiger partial charge in [0.2, 0.25) is 0 Å². The number of fused-ring (bicyclic) bond motifs is 1. The fourth-order valence-corrected chi connectivity index (χ4v) is 3.45. The summed E-state index contributed by atoms with van der Waals surface area (Å²) in [6.07, 6.45) is 1.19. The number of nitrogens with one attached hydrogen (secondary N) is 1. The van der Waals surface area contributed by atoms with Gasteiger partial charge in [0.1, 0.15) is 0 Å². The first-order valence-corrected chi connectivity index (χ1v) is 7.91. The maximum atomic E-state index is 6.10. The molecule has 0 amide bonds. The Morgan fingerprint density at radius 3 is 3.11 bits per heavy atom. The number of likely N-dealkylation sites (N-methyl/N-ethyl adjacent to an activating group) is 1. The second-order valence-electron chi connectivity index (χ2n) is 4.72. The molecule has 0 spiro atoms. The van der Waals surface area contributed by atoms with E-state index in [9.17, 15) is 0 Å². The number of nitrogens with zero attached hydrogens (tertiary/aromatic N) is 1. The van der Waals surface area contributed by atoms with Crippen LogP contribution in [0.2, 0.25) is 5.02 Å². The molecule has 0 aromatic heterocycles. The second kappa shape index (κ2) is 6.80. The van der Waals surface area contributed by atoms with Crippen LogP contribution in [-0.2, 0) is 0 Å². The lowest BCUT2D eigenvalue weighted by molar-refractivity contribution is 0.337. The van der Waals surface area contributed by atoms with Crippen molar-refractivity contribution < 1.29 is 0 Å². The normalized spacial score (nSPS) is 19.0. The molecule has 1 aliphatic rings. The van der Waals surface area contributed by atoms with Gasteiger partial charge in [0.05, 0.1) is 0 Å². The van der Waals surface area contributed by atoms with E-state index in [0.29, 0.717) is 6.04 Å². The van der Waals surface area contributed by atoms with Crippen LogP contribution < -0.4 is 5.32 Å². The molecule has 18 heavy (non-hydrogen) atoms. The van der Waals surface area contributed by atoms with Gasteiger partial charge in [-0.15, -0.1) is 11.8 Å². The van der Waals surface area contributed by atoms with Gasteiger partial charge in [-0.3, -0.25) is 0 Å². The molecular formula is C14H21ClN2S. The van der Waals surface area contributed by atoms with Crippen LogP contribution in [0.25, 0.3) is 0 Å². The summed E-state index contributed by atoms with van der Waals surface area (Å²) in [6, 6.07) is 6.71. The van der Waals surface area contributed by atoms with Crippen LogP contribution in [0.1, 0.15) is 24.9 Å². The minimum atomic E-state index is 0.463.